The van der Waals surface area contributed by atoms with Gasteiger partial charge in [0, 0.05) is 11.6 Å². The fraction of sp³-hybridized carbons (Fsp3) is 0.545. The second-order valence-electron chi connectivity index (χ2n) is 8.37. The smallest absolute Gasteiger partial charge is 0.259 e. The lowest BCUT2D eigenvalue weighted by Crippen LogP contribution is -2.53. The van der Waals surface area contributed by atoms with Crippen LogP contribution in [0.5, 0.6) is 5.75 Å². The van der Waals surface area contributed by atoms with E-state index in [9.17, 15) is 9.90 Å². The van der Waals surface area contributed by atoms with Crippen molar-refractivity contribution in [2.75, 3.05) is 19.7 Å². The van der Waals surface area contributed by atoms with Crippen molar-refractivity contribution in [2.24, 2.45) is 0 Å². The number of nitrogens with zero attached hydrogens (tertiary/aromatic N) is 2. The quantitative estimate of drug-likeness (QED) is 0.774. The molecule has 29 heavy (non-hydrogen) atoms. The number of amides is 1. The molecule has 1 fully saturated rings. The van der Waals surface area contributed by atoms with Crippen LogP contribution in [0.15, 0.2) is 16.7 Å². The fourth-order valence-corrected chi connectivity index (χ4v) is 3.92. The average molecular weight is 421 g/mol. The van der Waals surface area contributed by atoms with Crippen molar-refractivity contribution in [3.05, 3.63) is 45.3 Å². The van der Waals surface area contributed by atoms with Crippen molar-refractivity contribution in [1.29, 1.82) is 0 Å². The predicted molar refractivity (Wildman–Crippen MR) is 112 cm³/mol. The number of halogens is 1. The zero-order valence-electron chi connectivity index (χ0n) is 17.7. The van der Waals surface area contributed by atoms with E-state index in [1.165, 1.54) is 0 Å². The minimum Gasteiger partial charge on any atom is -0.491 e. The summed E-state index contributed by atoms with van der Waals surface area (Å²) < 4.78 is 11.2. The highest BCUT2D eigenvalue weighted by atomic mass is 35.5. The van der Waals surface area contributed by atoms with Crippen molar-refractivity contribution < 1.29 is 19.2 Å². The van der Waals surface area contributed by atoms with E-state index in [1.807, 2.05) is 39.8 Å². The van der Waals surface area contributed by atoms with Gasteiger partial charge in [-0.05, 0) is 62.8 Å². The summed E-state index contributed by atoms with van der Waals surface area (Å²) in [4.78, 5) is 14.8. The summed E-state index contributed by atoms with van der Waals surface area (Å²) >= 11 is 6.21. The Morgan fingerprint density at radius 3 is 2.62 bits per heavy atom. The second-order valence-corrected chi connectivity index (χ2v) is 8.75. The van der Waals surface area contributed by atoms with E-state index in [1.54, 1.807) is 11.8 Å². The van der Waals surface area contributed by atoms with Gasteiger partial charge < -0.3 is 19.3 Å². The van der Waals surface area contributed by atoms with E-state index in [0.29, 0.717) is 42.2 Å². The van der Waals surface area contributed by atoms with E-state index in [4.69, 9.17) is 20.9 Å². The van der Waals surface area contributed by atoms with Crippen LogP contribution in [0.2, 0.25) is 5.02 Å². The summed E-state index contributed by atoms with van der Waals surface area (Å²) in [5, 5.41) is 15.9. The zero-order valence-corrected chi connectivity index (χ0v) is 18.5. The molecule has 2 aromatic rings. The number of rotatable bonds is 5. The molecule has 1 aromatic heterocycles. The molecular weight excluding hydrogens is 392 g/mol. The molecule has 1 unspecified atom stereocenters. The molecule has 0 radical (unpaired) electrons. The number of aliphatic hydroxyl groups is 1. The van der Waals surface area contributed by atoms with Gasteiger partial charge in [0.2, 0.25) is 0 Å². The number of carbonyl (C=O) groups excluding carboxylic acids is 1. The summed E-state index contributed by atoms with van der Waals surface area (Å²) in [6, 6.07) is 3.72. The summed E-state index contributed by atoms with van der Waals surface area (Å²) in [5.74, 6) is 1.10. The highest BCUT2D eigenvalue weighted by Crippen LogP contribution is 2.30. The number of carbonyl (C=O) groups is 1. The van der Waals surface area contributed by atoms with Crippen LogP contribution in [0.3, 0.4) is 0 Å². The first-order valence-electron chi connectivity index (χ1n) is 9.98. The molecule has 1 aromatic carbocycles. The Balaban J connectivity index is 1.73. The van der Waals surface area contributed by atoms with Crippen molar-refractivity contribution in [3.63, 3.8) is 0 Å². The predicted octanol–water partition coefficient (Wildman–Crippen LogP) is 4.42. The van der Waals surface area contributed by atoms with Gasteiger partial charge in [0.1, 0.15) is 29.3 Å². The van der Waals surface area contributed by atoms with Crippen LogP contribution in [0.1, 0.15) is 65.5 Å². The number of β-amino-alcohol motifs (C(OH)–C–C–N with tert-alkyl or cyclic N) is 1. The normalized spacial score (nSPS) is 19.7. The molecular formula is C22H29ClN2O4. The molecule has 0 saturated carbocycles. The average Bonchev–Trinajstić information content (AvgIpc) is 3.05. The molecule has 1 atom stereocenters. The number of hydrogen-bond donors (Lipinski definition) is 1. The SMILES string of the molecule is Cc1cc(OCC2(O)CCCN(C(=O)c3c(C(C)C)noc3C)C2)cc(C)c1Cl. The van der Waals surface area contributed by atoms with Crippen molar-refractivity contribution in [3.8, 4) is 5.75 Å². The van der Waals surface area contributed by atoms with Crippen molar-refractivity contribution in [2.45, 2.75) is 59.0 Å². The van der Waals surface area contributed by atoms with Crippen LogP contribution >= 0.6 is 11.6 Å². The van der Waals surface area contributed by atoms with Gasteiger partial charge in [-0.25, -0.2) is 0 Å². The number of hydrogen-bond acceptors (Lipinski definition) is 5. The number of ether oxygens (including phenoxy) is 1. The van der Waals surface area contributed by atoms with Crippen molar-refractivity contribution >= 4 is 17.5 Å². The maximum atomic E-state index is 13.2. The van der Waals surface area contributed by atoms with Gasteiger partial charge in [-0.1, -0.05) is 30.6 Å². The van der Waals surface area contributed by atoms with Gasteiger partial charge in [-0.2, -0.15) is 0 Å². The number of piperidine rings is 1. The monoisotopic (exact) mass is 420 g/mol. The highest BCUT2D eigenvalue weighted by molar-refractivity contribution is 6.32. The Hall–Kier alpha value is -2.05. The molecule has 0 aliphatic carbocycles. The van der Waals surface area contributed by atoms with Gasteiger partial charge in [-0.15, -0.1) is 0 Å². The second kappa shape index (κ2) is 8.36. The van der Waals surface area contributed by atoms with E-state index < -0.39 is 5.60 Å². The molecule has 7 heteroatoms. The van der Waals surface area contributed by atoms with E-state index >= 15 is 0 Å². The van der Waals surface area contributed by atoms with E-state index in [0.717, 1.165) is 16.1 Å². The topological polar surface area (TPSA) is 75.8 Å². The van der Waals surface area contributed by atoms with Crippen LogP contribution in [0.25, 0.3) is 0 Å². The van der Waals surface area contributed by atoms with E-state index in [-0.39, 0.29) is 25.0 Å². The molecule has 158 valence electrons. The summed E-state index contributed by atoms with van der Waals surface area (Å²) in [5.41, 5.74) is 1.91. The number of aromatic nitrogens is 1. The van der Waals surface area contributed by atoms with Gasteiger partial charge in [0.25, 0.3) is 5.91 Å². The van der Waals surface area contributed by atoms with Crippen LogP contribution in [0.4, 0.5) is 0 Å². The molecule has 6 nitrogen and oxygen atoms in total. The maximum absolute atomic E-state index is 13.2. The maximum Gasteiger partial charge on any atom is 0.259 e. The molecule has 3 rings (SSSR count). The Kier molecular flexibility index (Phi) is 6.24. The Morgan fingerprint density at radius 2 is 2.00 bits per heavy atom. The Labute approximate surface area is 176 Å². The molecule has 1 N–H and O–H groups in total. The first-order valence-corrected chi connectivity index (χ1v) is 10.4. The van der Waals surface area contributed by atoms with Crippen LogP contribution < -0.4 is 4.74 Å². The minimum absolute atomic E-state index is 0.0785. The van der Waals surface area contributed by atoms with Gasteiger partial charge in [0.15, 0.2) is 0 Å². The fourth-order valence-electron chi connectivity index (χ4n) is 3.81. The van der Waals surface area contributed by atoms with Gasteiger partial charge in [-0.3, -0.25) is 4.79 Å². The summed E-state index contributed by atoms with van der Waals surface area (Å²) in [7, 11) is 0. The lowest BCUT2D eigenvalue weighted by atomic mass is 9.92. The number of likely N-dealkylation sites (tertiary alicyclic amines) is 1. The standard InChI is InChI=1S/C22H29ClN2O4/c1-13(2)20-18(16(5)29-24-20)21(26)25-8-6-7-22(27,11-25)12-28-17-9-14(3)19(23)15(4)10-17/h9-10,13,27H,6-8,11-12H2,1-5H3. The van der Waals surface area contributed by atoms with E-state index in [2.05, 4.69) is 5.16 Å². The lowest BCUT2D eigenvalue weighted by molar-refractivity contribution is -0.0532. The van der Waals surface area contributed by atoms with Crippen molar-refractivity contribution in [1.82, 2.24) is 10.1 Å². The molecule has 1 amide bonds. The Bertz CT molecular complexity index is 885. The molecule has 0 bridgehead atoms. The van der Waals surface area contributed by atoms with Crippen LogP contribution in [-0.2, 0) is 0 Å². The lowest BCUT2D eigenvalue weighted by Gasteiger charge is -2.39. The number of aryl methyl sites for hydroxylation is 3. The minimum atomic E-state index is -1.11. The van der Waals surface area contributed by atoms with Crippen LogP contribution in [-0.4, -0.2) is 46.4 Å². The first-order chi connectivity index (χ1) is 13.6. The molecule has 1 aliphatic heterocycles. The third-order valence-corrected chi connectivity index (χ3v) is 6.01. The largest absolute Gasteiger partial charge is 0.491 e. The van der Waals surface area contributed by atoms with Crippen LogP contribution in [0, 0.1) is 20.8 Å². The molecule has 0 spiro atoms. The summed E-state index contributed by atoms with van der Waals surface area (Å²) in [6.45, 7) is 10.4. The zero-order chi connectivity index (χ0) is 21.3. The summed E-state index contributed by atoms with van der Waals surface area (Å²) in [6.07, 6.45) is 1.27. The Morgan fingerprint density at radius 1 is 1.34 bits per heavy atom. The third-order valence-electron chi connectivity index (χ3n) is 5.41. The highest BCUT2D eigenvalue weighted by Gasteiger charge is 2.38. The third kappa shape index (κ3) is 4.59. The molecule has 2 heterocycles. The first kappa shape index (κ1) is 21.7. The van der Waals surface area contributed by atoms with Gasteiger partial charge >= 0.3 is 0 Å². The van der Waals surface area contributed by atoms with Gasteiger partial charge in [0.05, 0.1) is 12.2 Å². The molecule has 1 saturated heterocycles. The number of benzene rings is 1. The molecule has 1 aliphatic rings.